The van der Waals surface area contributed by atoms with Gasteiger partial charge in [-0.2, -0.15) is 0 Å². The van der Waals surface area contributed by atoms with Gasteiger partial charge in [0.15, 0.2) is 0 Å². The van der Waals surface area contributed by atoms with Crippen molar-refractivity contribution < 1.29 is 14.3 Å². The molecule has 4 nitrogen and oxygen atoms in total. The monoisotopic (exact) mass is 289 g/mol. The van der Waals surface area contributed by atoms with Crippen LogP contribution in [0.1, 0.15) is 33.3 Å². The van der Waals surface area contributed by atoms with Crippen LogP contribution in [0.2, 0.25) is 0 Å². The molecule has 0 radical (unpaired) electrons. The smallest absolute Gasteiger partial charge is 0.414 e. The van der Waals surface area contributed by atoms with Crippen molar-refractivity contribution in [2.24, 2.45) is 0 Å². The molecule has 0 aromatic heterocycles. The minimum absolute atomic E-state index is 0.299. The Morgan fingerprint density at radius 2 is 2.14 bits per heavy atom. The van der Waals surface area contributed by atoms with Crippen molar-refractivity contribution in [1.29, 1.82) is 0 Å². The van der Waals surface area contributed by atoms with E-state index in [1.807, 2.05) is 58.0 Å². The van der Waals surface area contributed by atoms with E-state index in [-0.39, 0.29) is 6.09 Å². The number of fused-ring (bicyclic) bond motifs is 1. The lowest BCUT2D eigenvalue weighted by Gasteiger charge is -2.24. The van der Waals surface area contributed by atoms with Crippen LogP contribution >= 0.6 is 0 Å². The predicted molar refractivity (Wildman–Crippen MR) is 84.0 cm³/mol. The van der Waals surface area contributed by atoms with Crippen molar-refractivity contribution >= 4 is 11.8 Å². The molecule has 1 heterocycles. The molecule has 0 N–H and O–H groups in total. The minimum Gasteiger partial charge on any atom is -0.489 e. The molecule has 0 bridgehead atoms. The first-order chi connectivity index (χ1) is 9.92. The SMILES string of the molecule is C/C=C/COc1cccc2c1CCN2C(=O)OC(C)(C)C. The number of benzene rings is 1. The Balaban J connectivity index is 2.17. The van der Waals surface area contributed by atoms with Crippen molar-refractivity contribution in [3.63, 3.8) is 0 Å². The molecule has 21 heavy (non-hydrogen) atoms. The van der Waals surface area contributed by atoms with Gasteiger partial charge in [0.1, 0.15) is 18.0 Å². The van der Waals surface area contributed by atoms with Gasteiger partial charge in [0.2, 0.25) is 0 Å². The summed E-state index contributed by atoms with van der Waals surface area (Å²) in [6.45, 7) is 8.76. The summed E-state index contributed by atoms with van der Waals surface area (Å²) in [5.41, 5.74) is 1.48. The van der Waals surface area contributed by atoms with Gasteiger partial charge in [0, 0.05) is 12.1 Å². The fraction of sp³-hybridized carbons (Fsp3) is 0.471. The number of hydrogen-bond donors (Lipinski definition) is 0. The van der Waals surface area contributed by atoms with Crippen molar-refractivity contribution in [1.82, 2.24) is 0 Å². The van der Waals surface area contributed by atoms with Crippen LogP contribution in [0, 0.1) is 0 Å². The number of hydrogen-bond acceptors (Lipinski definition) is 3. The fourth-order valence-corrected chi connectivity index (χ4v) is 2.28. The van der Waals surface area contributed by atoms with Gasteiger partial charge in [0.05, 0.1) is 5.69 Å². The first-order valence-electron chi connectivity index (χ1n) is 7.29. The summed E-state index contributed by atoms with van der Waals surface area (Å²) < 4.78 is 11.2. The van der Waals surface area contributed by atoms with Crippen molar-refractivity contribution in [2.75, 3.05) is 18.1 Å². The molecule has 1 aromatic rings. The summed E-state index contributed by atoms with van der Waals surface area (Å²) in [4.78, 5) is 13.9. The topological polar surface area (TPSA) is 38.8 Å². The van der Waals surface area contributed by atoms with Crippen molar-refractivity contribution in [3.05, 3.63) is 35.9 Å². The quantitative estimate of drug-likeness (QED) is 0.791. The van der Waals surface area contributed by atoms with Gasteiger partial charge in [0.25, 0.3) is 0 Å². The molecule has 1 aliphatic rings. The van der Waals surface area contributed by atoms with E-state index >= 15 is 0 Å². The molecule has 1 aliphatic heterocycles. The molecule has 0 saturated heterocycles. The molecule has 0 spiro atoms. The van der Waals surface area contributed by atoms with Crippen molar-refractivity contribution in [3.8, 4) is 5.75 Å². The summed E-state index contributed by atoms with van der Waals surface area (Å²) >= 11 is 0. The molecule has 2 rings (SSSR count). The standard InChI is InChI=1S/C17H23NO3/c1-5-6-12-20-15-9-7-8-14-13(15)10-11-18(14)16(19)21-17(2,3)4/h5-9H,10-12H2,1-4H3/b6-5+. The molecule has 0 unspecified atom stereocenters. The Kier molecular flexibility index (Phi) is 4.56. The zero-order valence-electron chi connectivity index (χ0n) is 13.2. The van der Waals surface area contributed by atoms with Gasteiger partial charge < -0.3 is 9.47 Å². The van der Waals surface area contributed by atoms with Gasteiger partial charge in [-0.25, -0.2) is 4.79 Å². The molecular weight excluding hydrogens is 266 g/mol. The van der Waals surface area contributed by atoms with Crippen LogP contribution in [0.25, 0.3) is 0 Å². The van der Waals surface area contributed by atoms with E-state index in [2.05, 4.69) is 0 Å². The van der Waals surface area contributed by atoms with Gasteiger partial charge in [-0.05, 0) is 46.2 Å². The van der Waals surface area contributed by atoms with E-state index in [9.17, 15) is 4.79 Å². The Bertz CT molecular complexity index is 543. The first kappa shape index (κ1) is 15.4. The highest BCUT2D eigenvalue weighted by Gasteiger charge is 2.30. The molecule has 114 valence electrons. The second-order valence-corrected chi connectivity index (χ2v) is 6.02. The third-order valence-corrected chi connectivity index (χ3v) is 3.17. The van der Waals surface area contributed by atoms with Crippen LogP contribution in [0.5, 0.6) is 5.75 Å². The molecular formula is C17H23NO3. The zero-order chi connectivity index (χ0) is 15.5. The van der Waals surface area contributed by atoms with Gasteiger partial charge in [-0.15, -0.1) is 0 Å². The maximum atomic E-state index is 12.2. The highest BCUT2D eigenvalue weighted by Crippen LogP contribution is 2.35. The second kappa shape index (κ2) is 6.20. The van der Waals surface area contributed by atoms with E-state index in [4.69, 9.17) is 9.47 Å². The number of carbonyl (C=O) groups excluding carboxylic acids is 1. The number of ether oxygens (including phenoxy) is 2. The molecule has 4 heteroatoms. The van der Waals surface area contributed by atoms with E-state index in [0.717, 1.165) is 23.4 Å². The Morgan fingerprint density at radius 1 is 1.38 bits per heavy atom. The Hall–Kier alpha value is -1.97. The molecule has 1 amide bonds. The normalized spacial score (nSPS) is 14.4. The summed E-state index contributed by atoms with van der Waals surface area (Å²) in [6, 6.07) is 5.79. The van der Waals surface area contributed by atoms with Gasteiger partial charge in [-0.1, -0.05) is 18.2 Å². The van der Waals surface area contributed by atoms with E-state index in [1.54, 1.807) is 4.90 Å². The highest BCUT2D eigenvalue weighted by molar-refractivity contribution is 5.91. The van der Waals surface area contributed by atoms with Crippen LogP contribution in [-0.4, -0.2) is 24.8 Å². The summed E-state index contributed by atoms with van der Waals surface area (Å²) in [7, 11) is 0. The number of amides is 1. The van der Waals surface area contributed by atoms with Crippen LogP contribution < -0.4 is 9.64 Å². The maximum absolute atomic E-state index is 12.2. The zero-order valence-corrected chi connectivity index (χ0v) is 13.2. The highest BCUT2D eigenvalue weighted by atomic mass is 16.6. The Labute approximate surface area is 126 Å². The van der Waals surface area contributed by atoms with Crippen LogP contribution in [0.4, 0.5) is 10.5 Å². The second-order valence-electron chi connectivity index (χ2n) is 6.02. The fourth-order valence-electron chi connectivity index (χ4n) is 2.28. The van der Waals surface area contributed by atoms with Crippen LogP contribution in [0.15, 0.2) is 30.4 Å². The lowest BCUT2D eigenvalue weighted by atomic mass is 10.1. The third kappa shape index (κ3) is 3.78. The largest absolute Gasteiger partial charge is 0.489 e. The van der Waals surface area contributed by atoms with Crippen molar-refractivity contribution in [2.45, 2.75) is 39.7 Å². The van der Waals surface area contributed by atoms with E-state index in [1.165, 1.54) is 0 Å². The maximum Gasteiger partial charge on any atom is 0.414 e. The molecule has 0 fully saturated rings. The lowest BCUT2D eigenvalue weighted by molar-refractivity contribution is 0.0584. The number of allylic oxidation sites excluding steroid dienone is 1. The van der Waals surface area contributed by atoms with E-state index in [0.29, 0.717) is 13.2 Å². The first-order valence-corrected chi connectivity index (χ1v) is 7.29. The summed E-state index contributed by atoms with van der Waals surface area (Å²) in [5, 5.41) is 0. The van der Waals surface area contributed by atoms with Crippen LogP contribution in [-0.2, 0) is 11.2 Å². The molecule has 0 aliphatic carbocycles. The lowest BCUT2D eigenvalue weighted by Crippen LogP contribution is -2.35. The van der Waals surface area contributed by atoms with Gasteiger partial charge in [-0.3, -0.25) is 4.90 Å². The predicted octanol–water partition coefficient (Wildman–Crippen LogP) is 3.94. The van der Waals surface area contributed by atoms with Crippen LogP contribution in [0.3, 0.4) is 0 Å². The summed E-state index contributed by atoms with van der Waals surface area (Å²) in [5.74, 6) is 0.844. The minimum atomic E-state index is -0.486. The number of anilines is 1. The average Bonchev–Trinajstić information content (AvgIpc) is 2.82. The average molecular weight is 289 g/mol. The number of carbonyl (C=O) groups is 1. The number of nitrogens with zero attached hydrogens (tertiary/aromatic N) is 1. The molecule has 0 saturated carbocycles. The third-order valence-electron chi connectivity index (χ3n) is 3.17. The Morgan fingerprint density at radius 3 is 2.81 bits per heavy atom. The summed E-state index contributed by atoms with van der Waals surface area (Å²) in [6.07, 6.45) is 4.41. The van der Waals surface area contributed by atoms with E-state index < -0.39 is 5.60 Å². The molecule has 1 aromatic carbocycles. The molecule has 0 atom stereocenters. The number of rotatable bonds is 3. The van der Waals surface area contributed by atoms with Gasteiger partial charge >= 0.3 is 6.09 Å².